The maximum atomic E-state index is 9.66. The van der Waals surface area contributed by atoms with Crippen LogP contribution in [0.5, 0.6) is 0 Å². The largest absolute Gasteiger partial charge is 0.373 e. The van der Waals surface area contributed by atoms with E-state index in [1.165, 1.54) is 0 Å². The van der Waals surface area contributed by atoms with E-state index in [1.54, 1.807) is 0 Å². The molecule has 0 heterocycles. The standard InChI is InChI=1S/C6H13NO2/c1-3-6(4-2)7-9-5-8/h5-7H,3-4H2,1-2H3. The smallest absolute Gasteiger partial charge is 0.312 e. The van der Waals surface area contributed by atoms with Crippen LogP contribution >= 0.6 is 0 Å². The molecular formula is C6H13NO2. The summed E-state index contributed by atoms with van der Waals surface area (Å²) < 4.78 is 0. The minimum absolute atomic E-state index is 0.301. The van der Waals surface area contributed by atoms with Crippen LogP contribution in [0.15, 0.2) is 0 Å². The van der Waals surface area contributed by atoms with Gasteiger partial charge in [-0.3, -0.25) is 4.79 Å². The summed E-state index contributed by atoms with van der Waals surface area (Å²) in [6.07, 6.45) is 1.95. The van der Waals surface area contributed by atoms with Gasteiger partial charge in [0.15, 0.2) is 0 Å². The summed E-state index contributed by atoms with van der Waals surface area (Å²) in [6, 6.07) is 0.301. The van der Waals surface area contributed by atoms with Crippen molar-refractivity contribution in [1.29, 1.82) is 0 Å². The molecule has 0 aromatic heterocycles. The lowest BCUT2D eigenvalue weighted by atomic mass is 10.2. The molecule has 0 saturated heterocycles. The van der Waals surface area contributed by atoms with E-state index in [1.807, 2.05) is 13.8 Å². The van der Waals surface area contributed by atoms with E-state index in [-0.39, 0.29) is 0 Å². The van der Waals surface area contributed by atoms with Gasteiger partial charge in [-0.1, -0.05) is 13.8 Å². The number of carbonyl (C=O) groups excluding carboxylic acids is 1. The second-order valence-electron chi connectivity index (χ2n) is 1.85. The first kappa shape index (κ1) is 8.43. The average molecular weight is 131 g/mol. The van der Waals surface area contributed by atoms with Gasteiger partial charge in [-0.2, -0.15) is 5.48 Å². The van der Waals surface area contributed by atoms with Crippen molar-refractivity contribution in [3.63, 3.8) is 0 Å². The van der Waals surface area contributed by atoms with E-state index < -0.39 is 0 Å². The van der Waals surface area contributed by atoms with Gasteiger partial charge in [-0.15, -0.1) is 0 Å². The monoisotopic (exact) mass is 131 g/mol. The second-order valence-corrected chi connectivity index (χ2v) is 1.85. The van der Waals surface area contributed by atoms with Gasteiger partial charge in [0.2, 0.25) is 0 Å². The molecule has 0 rings (SSSR count). The zero-order valence-electron chi connectivity index (χ0n) is 5.89. The molecule has 0 unspecified atom stereocenters. The number of carbonyl (C=O) groups is 1. The van der Waals surface area contributed by atoms with Gasteiger partial charge in [-0.05, 0) is 12.8 Å². The lowest BCUT2D eigenvalue weighted by molar-refractivity contribution is -0.137. The van der Waals surface area contributed by atoms with Crippen LogP contribution in [0.1, 0.15) is 26.7 Å². The third-order valence-corrected chi connectivity index (χ3v) is 1.27. The van der Waals surface area contributed by atoms with E-state index in [2.05, 4.69) is 10.3 Å². The van der Waals surface area contributed by atoms with Gasteiger partial charge < -0.3 is 4.84 Å². The molecule has 0 bridgehead atoms. The molecule has 0 aliphatic heterocycles. The molecule has 0 saturated carbocycles. The van der Waals surface area contributed by atoms with Crippen molar-refractivity contribution in [1.82, 2.24) is 5.48 Å². The fourth-order valence-electron chi connectivity index (χ4n) is 0.579. The fourth-order valence-corrected chi connectivity index (χ4v) is 0.579. The molecule has 0 atom stereocenters. The maximum Gasteiger partial charge on any atom is 0.312 e. The topological polar surface area (TPSA) is 38.3 Å². The molecule has 54 valence electrons. The zero-order valence-corrected chi connectivity index (χ0v) is 5.89. The highest BCUT2D eigenvalue weighted by molar-refractivity contribution is 5.36. The molecule has 0 radical (unpaired) electrons. The molecule has 0 aromatic carbocycles. The van der Waals surface area contributed by atoms with Crippen LogP contribution in [0.2, 0.25) is 0 Å². The summed E-state index contributed by atoms with van der Waals surface area (Å²) in [4.78, 5) is 14.0. The number of hydrogen-bond acceptors (Lipinski definition) is 3. The lowest BCUT2D eigenvalue weighted by Crippen LogP contribution is -2.27. The number of hydroxylamine groups is 1. The first-order valence-electron chi connectivity index (χ1n) is 3.19. The molecule has 0 aromatic rings. The Hall–Kier alpha value is -0.570. The Morgan fingerprint density at radius 3 is 2.44 bits per heavy atom. The Balaban J connectivity index is 3.19. The molecule has 0 aliphatic rings. The molecule has 0 fully saturated rings. The van der Waals surface area contributed by atoms with Gasteiger partial charge in [0.1, 0.15) is 0 Å². The Morgan fingerprint density at radius 1 is 1.56 bits per heavy atom. The molecule has 1 N–H and O–H groups in total. The van der Waals surface area contributed by atoms with Crippen molar-refractivity contribution in [3.05, 3.63) is 0 Å². The normalized spacial score (nSPS) is 9.67. The van der Waals surface area contributed by atoms with E-state index in [0.717, 1.165) is 12.8 Å². The van der Waals surface area contributed by atoms with Crippen LogP contribution < -0.4 is 5.48 Å². The molecular weight excluding hydrogens is 118 g/mol. The van der Waals surface area contributed by atoms with Crippen LogP contribution in [-0.4, -0.2) is 12.5 Å². The quantitative estimate of drug-likeness (QED) is 0.444. The van der Waals surface area contributed by atoms with E-state index in [0.29, 0.717) is 12.5 Å². The molecule has 0 amide bonds. The molecule has 0 spiro atoms. The van der Waals surface area contributed by atoms with Gasteiger partial charge in [0, 0.05) is 6.04 Å². The molecule has 3 nitrogen and oxygen atoms in total. The summed E-state index contributed by atoms with van der Waals surface area (Å²) in [6.45, 7) is 4.48. The molecule has 9 heavy (non-hydrogen) atoms. The van der Waals surface area contributed by atoms with E-state index in [9.17, 15) is 4.79 Å². The summed E-state index contributed by atoms with van der Waals surface area (Å²) in [7, 11) is 0. The summed E-state index contributed by atoms with van der Waals surface area (Å²) >= 11 is 0. The van der Waals surface area contributed by atoms with Crippen molar-refractivity contribution >= 4 is 6.47 Å². The van der Waals surface area contributed by atoms with Crippen LogP contribution in [-0.2, 0) is 9.63 Å². The minimum atomic E-state index is 0.301. The fraction of sp³-hybridized carbons (Fsp3) is 0.833. The molecule has 3 heteroatoms. The third-order valence-electron chi connectivity index (χ3n) is 1.27. The predicted molar refractivity (Wildman–Crippen MR) is 34.7 cm³/mol. The van der Waals surface area contributed by atoms with Crippen LogP contribution in [0.4, 0.5) is 0 Å². The Labute approximate surface area is 55.3 Å². The van der Waals surface area contributed by atoms with Crippen LogP contribution in [0.3, 0.4) is 0 Å². The van der Waals surface area contributed by atoms with Crippen molar-refractivity contribution in [2.24, 2.45) is 0 Å². The van der Waals surface area contributed by atoms with Gasteiger partial charge >= 0.3 is 6.47 Å². The first-order chi connectivity index (χ1) is 4.35. The van der Waals surface area contributed by atoms with Crippen LogP contribution in [0, 0.1) is 0 Å². The molecule has 0 aliphatic carbocycles. The van der Waals surface area contributed by atoms with Crippen molar-refractivity contribution < 1.29 is 9.63 Å². The third kappa shape index (κ3) is 3.97. The maximum absolute atomic E-state index is 9.66. The highest BCUT2D eigenvalue weighted by Gasteiger charge is 1.99. The highest BCUT2D eigenvalue weighted by Crippen LogP contribution is 1.94. The van der Waals surface area contributed by atoms with Crippen molar-refractivity contribution in [2.75, 3.05) is 0 Å². The Bertz CT molecular complexity index is 71.5. The lowest BCUT2D eigenvalue weighted by Gasteiger charge is -2.10. The van der Waals surface area contributed by atoms with E-state index in [4.69, 9.17) is 0 Å². The van der Waals surface area contributed by atoms with Gasteiger partial charge in [-0.25, -0.2) is 0 Å². The van der Waals surface area contributed by atoms with Crippen LogP contribution in [0.25, 0.3) is 0 Å². The summed E-state index contributed by atoms with van der Waals surface area (Å²) in [5.74, 6) is 0. The second kappa shape index (κ2) is 5.56. The Kier molecular flexibility index (Phi) is 5.21. The number of nitrogens with one attached hydrogen (secondary N) is 1. The highest BCUT2D eigenvalue weighted by atomic mass is 16.7. The summed E-state index contributed by atoms with van der Waals surface area (Å²) in [5, 5.41) is 0. The Morgan fingerprint density at radius 2 is 2.11 bits per heavy atom. The van der Waals surface area contributed by atoms with Gasteiger partial charge in [0.05, 0.1) is 0 Å². The van der Waals surface area contributed by atoms with Gasteiger partial charge in [0.25, 0.3) is 0 Å². The SMILES string of the molecule is CCC(CC)NOC=O. The number of rotatable bonds is 5. The van der Waals surface area contributed by atoms with E-state index >= 15 is 0 Å². The average Bonchev–Trinajstić information content (AvgIpc) is 1.91. The summed E-state index contributed by atoms with van der Waals surface area (Å²) in [5.41, 5.74) is 2.60. The van der Waals surface area contributed by atoms with Crippen molar-refractivity contribution in [2.45, 2.75) is 32.7 Å². The number of hydrogen-bond donors (Lipinski definition) is 1. The zero-order chi connectivity index (χ0) is 7.11. The minimum Gasteiger partial charge on any atom is -0.373 e. The van der Waals surface area contributed by atoms with Crippen molar-refractivity contribution in [3.8, 4) is 0 Å². The predicted octanol–water partition coefficient (Wildman–Crippen LogP) is 0.853. The first-order valence-corrected chi connectivity index (χ1v) is 3.19.